The van der Waals surface area contributed by atoms with Crippen LogP contribution in [0.5, 0.6) is 11.5 Å². The number of aliphatic hydroxyl groups excluding tert-OH is 1. The van der Waals surface area contributed by atoms with E-state index in [-0.39, 0.29) is 43.4 Å². The highest BCUT2D eigenvalue weighted by Crippen LogP contribution is 2.34. The minimum absolute atomic E-state index is 0.0260. The van der Waals surface area contributed by atoms with Gasteiger partial charge in [0.15, 0.2) is 11.5 Å². The van der Waals surface area contributed by atoms with Crippen LogP contribution in [0.3, 0.4) is 0 Å². The Morgan fingerprint density at radius 2 is 1.88 bits per heavy atom. The number of carbonyl (C=O) groups excluding carboxylic acids is 2. The van der Waals surface area contributed by atoms with Gasteiger partial charge in [0.1, 0.15) is 6.10 Å². The summed E-state index contributed by atoms with van der Waals surface area (Å²) in [4.78, 5) is 24.7. The number of rotatable bonds is 7. The Hall–Kier alpha value is -2.56. The van der Waals surface area contributed by atoms with Crippen LogP contribution in [0.25, 0.3) is 0 Å². The molecule has 10 nitrogen and oxygen atoms in total. The zero-order valence-electron chi connectivity index (χ0n) is 18.0. The average Bonchev–Trinajstić information content (AvgIpc) is 3.28. The summed E-state index contributed by atoms with van der Waals surface area (Å²) in [6.07, 6.45) is 3.04. The van der Waals surface area contributed by atoms with E-state index in [0.29, 0.717) is 49.8 Å². The second-order valence-corrected chi connectivity index (χ2v) is 8.30. The van der Waals surface area contributed by atoms with Gasteiger partial charge >= 0.3 is 6.03 Å². The molecule has 2 saturated heterocycles. The number of benzene rings is 1. The molecule has 32 heavy (non-hydrogen) atoms. The van der Waals surface area contributed by atoms with E-state index in [9.17, 15) is 14.7 Å². The maximum atomic E-state index is 12.4. The molecule has 0 unspecified atom stereocenters. The first-order valence-electron chi connectivity index (χ1n) is 11.2. The summed E-state index contributed by atoms with van der Waals surface area (Å²) < 4.78 is 21.9. The fourth-order valence-electron chi connectivity index (χ4n) is 4.28. The molecule has 10 heteroatoms. The van der Waals surface area contributed by atoms with Crippen molar-refractivity contribution in [1.29, 1.82) is 0 Å². The molecule has 3 aliphatic rings. The molecule has 0 saturated carbocycles. The molecule has 4 rings (SSSR count). The number of hydrogen-bond acceptors (Lipinski definition) is 7. The molecule has 1 aromatic carbocycles. The number of ether oxygens (including phenoxy) is 4. The van der Waals surface area contributed by atoms with Crippen LogP contribution in [0.1, 0.15) is 32.1 Å². The fraction of sp³-hybridized carbons (Fsp3) is 0.636. The van der Waals surface area contributed by atoms with Gasteiger partial charge in [0.2, 0.25) is 12.7 Å². The molecule has 3 amide bonds. The number of amides is 3. The predicted octanol–water partition coefficient (Wildman–Crippen LogP) is 1.38. The minimum atomic E-state index is -0.498. The number of nitrogens with one attached hydrogen (secondary N) is 3. The molecule has 3 heterocycles. The van der Waals surface area contributed by atoms with Crippen LogP contribution in [0.4, 0.5) is 10.5 Å². The van der Waals surface area contributed by atoms with Crippen molar-refractivity contribution < 1.29 is 33.6 Å². The summed E-state index contributed by atoms with van der Waals surface area (Å²) in [6.45, 7) is 1.78. The fourth-order valence-corrected chi connectivity index (χ4v) is 4.28. The summed E-state index contributed by atoms with van der Waals surface area (Å²) in [6, 6.07) is 4.50. The maximum absolute atomic E-state index is 12.4. The second kappa shape index (κ2) is 10.8. The molecule has 0 spiro atoms. The Balaban J connectivity index is 1.19. The molecule has 3 atom stereocenters. The van der Waals surface area contributed by atoms with Crippen molar-refractivity contribution in [2.75, 3.05) is 38.5 Å². The molecule has 2 fully saturated rings. The van der Waals surface area contributed by atoms with Gasteiger partial charge in [-0.2, -0.15) is 0 Å². The topological polar surface area (TPSA) is 127 Å². The van der Waals surface area contributed by atoms with Crippen LogP contribution in [-0.2, 0) is 14.3 Å². The molecule has 0 bridgehead atoms. The SMILES string of the molecule is O=C(Nc1ccc2c(c1)OCO2)N[C@H]1CC[C@H](CCNC(=O)C2CCOCC2)O[C@@H]1CO. The van der Waals surface area contributed by atoms with E-state index in [1.807, 2.05) is 0 Å². The normalized spacial score (nSPS) is 25.2. The second-order valence-electron chi connectivity index (χ2n) is 8.30. The molecule has 1 aromatic rings. The van der Waals surface area contributed by atoms with E-state index in [1.165, 1.54) is 0 Å². The highest BCUT2D eigenvalue weighted by molar-refractivity contribution is 5.90. The monoisotopic (exact) mass is 449 g/mol. The van der Waals surface area contributed by atoms with Crippen molar-refractivity contribution in [3.8, 4) is 11.5 Å². The third kappa shape index (κ3) is 5.81. The van der Waals surface area contributed by atoms with Gasteiger partial charge in [-0.3, -0.25) is 4.79 Å². The highest BCUT2D eigenvalue weighted by Gasteiger charge is 2.32. The molecule has 0 radical (unpaired) electrons. The molecule has 3 aliphatic heterocycles. The van der Waals surface area contributed by atoms with Gasteiger partial charge in [0.25, 0.3) is 0 Å². The van der Waals surface area contributed by atoms with E-state index in [1.54, 1.807) is 18.2 Å². The van der Waals surface area contributed by atoms with Crippen LogP contribution >= 0.6 is 0 Å². The lowest BCUT2D eigenvalue weighted by Crippen LogP contribution is -2.52. The van der Waals surface area contributed by atoms with Gasteiger partial charge in [0.05, 0.1) is 18.8 Å². The summed E-state index contributed by atoms with van der Waals surface area (Å²) in [5, 5.41) is 18.4. The molecule has 0 aromatic heterocycles. The van der Waals surface area contributed by atoms with Crippen LogP contribution in [0, 0.1) is 5.92 Å². The Morgan fingerprint density at radius 1 is 1.06 bits per heavy atom. The molecular formula is C22H31N3O7. The first-order chi connectivity index (χ1) is 15.6. The standard InChI is InChI=1S/C22H31N3O7/c26-12-20-17(25-22(28)24-15-1-4-18-19(11-15)31-13-30-18)3-2-16(32-20)5-8-23-21(27)14-6-9-29-10-7-14/h1,4,11,14,16-17,20,26H,2-3,5-10,12-13H2,(H,23,27)(H2,24,25,28)/t16-,17+,20-/m1/s1. The lowest BCUT2D eigenvalue weighted by Gasteiger charge is -2.36. The van der Waals surface area contributed by atoms with E-state index >= 15 is 0 Å². The third-order valence-electron chi connectivity index (χ3n) is 6.10. The lowest BCUT2D eigenvalue weighted by molar-refractivity contribution is -0.128. The van der Waals surface area contributed by atoms with E-state index in [2.05, 4.69) is 16.0 Å². The number of urea groups is 1. The molecule has 4 N–H and O–H groups in total. The van der Waals surface area contributed by atoms with Crippen molar-refractivity contribution in [2.45, 2.75) is 50.4 Å². The van der Waals surface area contributed by atoms with E-state index in [4.69, 9.17) is 18.9 Å². The summed E-state index contributed by atoms with van der Waals surface area (Å²) in [5.74, 6) is 1.33. The number of carbonyl (C=O) groups is 2. The summed E-state index contributed by atoms with van der Waals surface area (Å²) in [5.41, 5.74) is 0.585. The zero-order valence-corrected chi connectivity index (χ0v) is 18.0. The maximum Gasteiger partial charge on any atom is 0.319 e. The first-order valence-corrected chi connectivity index (χ1v) is 11.2. The average molecular weight is 450 g/mol. The van der Waals surface area contributed by atoms with Gasteiger partial charge in [-0.1, -0.05) is 0 Å². The van der Waals surface area contributed by atoms with Crippen molar-refractivity contribution in [3.05, 3.63) is 18.2 Å². The smallest absolute Gasteiger partial charge is 0.319 e. The molecule has 176 valence electrons. The number of hydrogen-bond donors (Lipinski definition) is 4. The Labute approximate surface area is 186 Å². The van der Waals surface area contributed by atoms with Crippen LogP contribution in [0.15, 0.2) is 18.2 Å². The molecule has 0 aliphatic carbocycles. The van der Waals surface area contributed by atoms with Crippen molar-refractivity contribution in [1.82, 2.24) is 10.6 Å². The van der Waals surface area contributed by atoms with Crippen LogP contribution in [-0.4, -0.2) is 68.5 Å². The van der Waals surface area contributed by atoms with E-state index in [0.717, 1.165) is 19.3 Å². The summed E-state index contributed by atoms with van der Waals surface area (Å²) in [7, 11) is 0. The Morgan fingerprint density at radius 3 is 2.69 bits per heavy atom. The van der Waals surface area contributed by atoms with Gasteiger partial charge in [-0.05, 0) is 44.2 Å². The van der Waals surface area contributed by atoms with Crippen molar-refractivity contribution >= 4 is 17.6 Å². The largest absolute Gasteiger partial charge is 0.454 e. The molecular weight excluding hydrogens is 418 g/mol. The lowest BCUT2D eigenvalue weighted by atomic mass is 9.96. The number of fused-ring (bicyclic) bond motifs is 1. The van der Waals surface area contributed by atoms with E-state index < -0.39 is 6.10 Å². The van der Waals surface area contributed by atoms with Crippen molar-refractivity contribution in [2.24, 2.45) is 5.92 Å². The first kappa shape index (κ1) is 22.6. The zero-order chi connectivity index (χ0) is 22.3. The van der Waals surface area contributed by atoms with Gasteiger partial charge in [-0.15, -0.1) is 0 Å². The number of aliphatic hydroxyl groups is 1. The Kier molecular flexibility index (Phi) is 7.67. The minimum Gasteiger partial charge on any atom is -0.454 e. The van der Waals surface area contributed by atoms with Gasteiger partial charge in [-0.25, -0.2) is 4.79 Å². The quantitative estimate of drug-likeness (QED) is 0.495. The summed E-state index contributed by atoms with van der Waals surface area (Å²) >= 11 is 0. The van der Waals surface area contributed by atoms with Gasteiger partial charge in [0, 0.05) is 37.4 Å². The van der Waals surface area contributed by atoms with Crippen LogP contribution < -0.4 is 25.4 Å². The van der Waals surface area contributed by atoms with Crippen LogP contribution in [0.2, 0.25) is 0 Å². The number of anilines is 1. The highest BCUT2D eigenvalue weighted by atomic mass is 16.7. The van der Waals surface area contributed by atoms with Gasteiger partial charge < -0.3 is 40.0 Å². The predicted molar refractivity (Wildman–Crippen MR) is 115 cm³/mol. The Bertz CT molecular complexity index is 800. The third-order valence-corrected chi connectivity index (χ3v) is 6.10. The van der Waals surface area contributed by atoms with Crippen molar-refractivity contribution in [3.63, 3.8) is 0 Å².